The summed E-state index contributed by atoms with van der Waals surface area (Å²) >= 11 is 3.45. The zero-order chi connectivity index (χ0) is 14.0. The Kier molecular flexibility index (Phi) is 4.34. The fourth-order valence-corrected chi connectivity index (χ4v) is 3.09. The van der Waals surface area contributed by atoms with Gasteiger partial charge in [-0.05, 0) is 49.8 Å². The van der Waals surface area contributed by atoms with E-state index in [-0.39, 0.29) is 5.78 Å². The highest BCUT2D eigenvalue weighted by Gasteiger charge is 2.24. The van der Waals surface area contributed by atoms with E-state index in [1.165, 1.54) is 19.3 Å². The van der Waals surface area contributed by atoms with Crippen LogP contribution in [0.5, 0.6) is 0 Å². The van der Waals surface area contributed by atoms with E-state index in [4.69, 9.17) is 0 Å². The Balaban J connectivity index is 2.29. The first-order valence-corrected chi connectivity index (χ1v) is 7.74. The molecule has 0 saturated carbocycles. The second-order valence-electron chi connectivity index (χ2n) is 6.22. The second kappa shape index (κ2) is 5.66. The van der Waals surface area contributed by atoms with Crippen LogP contribution in [0, 0.1) is 5.41 Å². The predicted octanol–water partition coefficient (Wildman–Crippen LogP) is 4.67. The molecule has 0 radical (unpaired) electrons. The van der Waals surface area contributed by atoms with Crippen molar-refractivity contribution in [2.24, 2.45) is 5.41 Å². The number of halogens is 1. The van der Waals surface area contributed by atoms with Gasteiger partial charge in [-0.25, -0.2) is 0 Å². The number of nitrogens with zero attached hydrogens (tertiary/aromatic N) is 1. The van der Waals surface area contributed by atoms with Gasteiger partial charge in [-0.3, -0.25) is 4.79 Å². The van der Waals surface area contributed by atoms with Crippen LogP contribution in [0.2, 0.25) is 0 Å². The summed E-state index contributed by atoms with van der Waals surface area (Å²) in [7, 11) is 0. The van der Waals surface area contributed by atoms with Crippen LogP contribution in [0.25, 0.3) is 0 Å². The van der Waals surface area contributed by atoms with Crippen molar-refractivity contribution in [3.05, 3.63) is 28.2 Å². The predicted molar refractivity (Wildman–Crippen MR) is 84.0 cm³/mol. The van der Waals surface area contributed by atoms with E-state index in [2.05, 4.69) is 40.7 Å². The lowest BCUT2D eigenvalue weighted by Crippen LogP contribution is -2.26. The van der Waals surface area contributed by atoms with Crippen molar-refractivity contribution in [3.63, 3.8) is 0 Å². The Morgan fingerprint density at radius 2 is 2.00 bits per heavy atom. The molecule has 0 unspecified atom stereocenters. The van der Waals surface area contributed by atoms with Crippen molar-refractivity contribution in [3.8, 4) is 0 Å². The first kappa shape index (κ1) is 14.6. The first-order chi connectivity index (χ1) is 8.89. The Hall–Kier alpha value is -0.830. The number of carbonyl (C=O) groups excluding carboxylic acids is 1. The van der Waals surface area contributed by atoms with E-state index in [0.717, 1.165) is 28.8 Å². The number of carbonyl (C=O) groups is 1. The molecule has 0 amide bonds. The van der Waals surface area contributed by atoms with Gasteiger partial charge in [0, 0.05) is 28.8 Å². The van der Waals surface area contributed by atoms with Crippen LogP contribution in [-0.4, -0.2) is 18.9 Å². The van der Waals surface area contributed by atoms with Crippen LogP contribution < -0.4 is 4.90 Å². The lowest BCUT2D eigenvalue weighted by atomic mass is 9.85. The number of rotatable bonds is 2. The summed E-state index contributed by atoms with van der Waals surface area (Å²) < 4.78 is 0.969. The first-order valence-electron chi connectivity index (χ1n) is 6.94. The van der Waals surface area contributed by atoms with E-state index in [0.29, 0.717) is 5.41 Å². The van der Waals surface area contributed by atoms with E-state index in [9.17, 15) is 4.79 Å². The molecule has 104 valence electrons. The smallest absolute Gasteiger partial charge is 0.161 e. The SMILES string of the molecule is CC(=O)c1cc(Br)ccc1N1CCCC(C)(C)CC1. The number of hydrogen-bond donors (Lipinski definition) is 0. The zero-order valence-corrected chi connectivity index (χ0v) is 13.6. The highest BCUT2D eigenvalue weighted by Crippen LogP contribution is 2.33. The summed E-state index contributed by atoms with van der Waals surface area (Å²) in [5.41, 5.74) is 2.34. The average molecular weight is 324 g/mol. The minimum absolute atomic E-state index is 0.139. The van der Waals surface area contributed by atoms with Gasteiger partial charge in [0.1, 0.15) is 0 Å². The summed E-state index contributed by atoms with van der Waals surface area (Å²) in [4.78, 5) is 14.2. The topological polar surface area (TPSA) is 20.3 Å². The molecular weight excluding hydrogens is 302 g/mol. The molecule has 0 spiro atoms. The molecule has 1 aromatic rings. The van der Waals surface area contributed by atoms with Gasteiger partial charge in [0.25, 0.3) is 0 Å². The molecule has 0 atom stereocenters. The summed E-state index contributed by atoms with van der Waals surface area (Å²) in [6.45, 7) is 8.40. The van der Waals surface area contributed by atoms with Crippen LogP contribution in [0.3, 0.4) is 0 Å². The standard InChI is InChI=1S/C16H22BrNO/c1-12(19)14-11-13(17)5-6-15(14)18-9-4-7-16(2,3)8-10-18/h5-6,11H,4,7-10H2,1-3H3. The van der Waals surface area contributed by atoms with Gasteiger partial charge in [-0.2, -0.15) is 0 Å². The number of ketones is 1. The van der Waals surface area contributed by atoms with Gasteiger partial charge < -0.3 is 4.90 Å². The molecule has 1 aliphatic heterocycles. The number of hydrogen-bond acceptors (Lipinski definition) is 2. The maximum absolute atomic E-state index is 11.8. The molecule has 0 bridgehead atoms. The lowest BCUT2D eigenvalue weighted by molar-refractivity contribution is 0.101. The van der Waals surface area contributed by atoms with Crippen molar-refractivity contribution >= 4 is 27.4 Å². The second-order valence-corrected chi connectivity index (χ2v) is 7.14. The highest BCUT2D eigenvalue weighted by atomic mass is 79.9. The van der Waals surface area contributed by atoms with Gasteiger partial charge in [0.2, 0.25) is 0 Å². The van der Waals surface area contributed by atoms with Gasteiger partial charge in [-0.15, -0.1) is 0 Å². The molecule has 0 N–H and O–H groups in total. The number of Topliss-reactive ketones (excluding diaryl/α,β-unsaturated/α-hetero) is 1. The summed E-state index contributed by atoms with van der Waals surface area (Å²) in [6.07, 6.45) is 3.64. The minimum Gasteiger partial charge on any atom is -0.371 e. The van der Waals surface area contributed by atoms with Crippen molar-refractivity contribution < 1.29 is 4.79 Å². The van der Waals surface area contributed by atoms with Gasteiger partial charge in [0.15, 0.2) is 5.78 Å². The van der Waals surface area contributed by atoms with E-state index < -0.39 is 0 Å². The number of anilines is 1. The third-order valence-electron chi connectivity index (χ3n) is 4.02. The van der Waals surface area contributed by atoms with Gasteiger partial charge in [-0.1, -0.05) is 29.8 Å². The van der Waals surface area contributed by atoms with Crippen LogP contribution in [0.4, 0.5) is 5.69 Å². The molecule has 2 nitrogen and oxygen atoms in total. The average Bonchev–Trinajstić information content (AvgIpc) is 2.50. The summed E-state index contributed by atoms with van der Waals surface area (Å²) in [6, 6.07) is 6.03. The summed E-state index contributed by atoms with van der Waals surface area (Å²) in [5.74, 6) is 0.139. The largest absolute Gasteiger partial charge is 0.371 e. The molecule has 0 aromatic heterocycles. The molecule has 1 heterocycles. The van der Waals surface area contributed by atoms with Crippen LogP contribution in [0.15, 0.2) is 22.7 Å². The maximum Gasteiger partial charge on any atom is 0.161 e. The fraction of sp³-hybridized carbons (Fsp3) is 0.562. The third kappa shape index (κ3) is 3.59. The third-order valence-corrected chi connectivity index (χ3v) is 4.51. The Labute approximate surface area is 124 Å². The van der Waals surface area contributed by atoms with Crippen molar-refractivity contribution in [2.45, 2.75) is 40.0 Å². The van der Waals surface area contributed by atoms with Crippen molar-refractivity contribution in [1.29, 1.82) is 0 Å². The molecule has 1 aromatic carbocycles. The van der Waals surface area contributed by atoms with Gasteiger partial charge >= 0.3 is 0 Å². The van der Waals surface area contributed by atoms with E-state index in [1.54, 1.807) is 6.92 Å². The fourth-order valence-electron chi connectivity index (χ4n) is 2.73. The number of benzene rings is 1. The Morgan fingerprint density at radius 1 is 1.26 bits per heavy atom. The van der Waals surface area contributed by atoms with E-state index >= 15 is 0 Å². The van der Waals surface area contributed by atoms with Crippen LogP contribution >= 0.6 is 15.9 Å². The molecule has 1 saturated heterocycles. The van der Waals surface area contributed by atoms with Crippen molar-refractivity contribution in [2.75, 3.05) is 18.0 Å². The monoisotopic (exact) mass is 323 g/mol. The molecule has 1 fully saturated rings. The van der Waals surface area contributed by atoms with Gasteiger partial charge in [0.05, 0.1) is 0 Å². The lowest BCUT2D eigenvalue weighted by Gasteiger charge is -2.26. The summed E-state index contributed by atoms with van der Waals surface area (Å²) in [5, 5.41) is 0. The molecular formula is C16H22BrNO. The zero-order valence-electron chi connectivity index (χ0n) is 12.0. The Bertz CT molecular complexity index is 482. The Morgan fingerprint density at radius 3 is 2.68 bits per heavy atom. The quantitative estimate of drug-likeness (QED) is 0.737. The normalized spacial score (nSPS) is 19.1. The molecule has 19 heavy (non-hydrogen) atoms. The molecule has 3 heteroatoms. The maximum atomic E-state index is 11.8. The molecule has 0 aliphatic carbocycles. The minimum atomic E-state index is 0.139. The molecule has 2 rings (SSSR count). The highest BCUT2D eigenvalue weighted by molar-refractivity contribution is 9.10. The molecule has 1 aliphatic rings. The van der Waals surface area contributed by atoms with Crippen molar-refractivity contribution in [1.82, 2.24) is 0 Å². The van der Waals surface area contributed by atoms with Crippen LogP contribution in [-0.2, 0) is 0 Å². The van der Waals surface area contributed by atoms with Crippen LogP contribution in [0.1, 0.15) is 50.4 Å². The van der Waals surface area contributed by atoms with E-state index in [1.807, 2.05) is 12.1 Å².